The molecule has 0 saturated carbocycles. The number of methoxy groups -OCH3 is 1. The van der Waals surface area contributed by atoms with Gasteiger partial charge in [-0.05, 0) is 17.7 Å². The molecule has 0 spiro atoms. The lowest BCUT2D eigenvalue weighted by Gasteiger charge is -2.34. The number of hydrogen-bond donors (Lipinski definition) is 2. The number of phenolic OH excluding ortho intramolecular Hbond substituents is 1. The SMILES string of the molecule is COc1cc(C(C(N)=S)N2CCOCC2)ccc1O. The van der Waals surface area contributed by atoms with Gasteiger partial charge in [0.2, 0.25) is 0 Å². The van der Waals surface area contributed by atoms with Crippen molar-refractivity contribution in [1.29, 1.82) is 0 Å². The molecule has 1 fully saturated rings. The quantitative estimate of drug-likeness (QED) is 0.805. The average molecular weight is 282 g/mol. The van der Waals surface area contributed by atoms with Crippen molar-refractivity contribution in [2.24, 2.45) is 5.73 Å². The molecule has 1 atom stereocenters. The van der Waals surface area contributed by atoms with Crippen LogP contribution >= 0.6 is 12.2 Å². The van der Waals surface area contributed by atoms with Gasteiger partial charge in [-0.25, -0.2) is 0 Å². The summed E-state index contributed by atoms with van der Waals surface area (Å²) in [5.41, 5.74) is 6.80. The number of nitrogens with two attached hydrogens (primary N) is 1. The minimum atomic E-state index is -0.159. The number of aromatic hydroxyl groups is 1. The van der Waals surface area contributed by atoms with Crippen LogP contribution in [0.15, 0.2) is 18.2 Å². The summed E-state index contributed by atoms with van der Waals surface area (Å²) in [6, 6.07) is 5.03. The van der Waals surface area contributed by atoms with E-state index in [4.69, 9.17) is 27.4 Å². The molecule has 1 aliphatic rings. The van der Waals surface area contributed by atoms with Crippen molar-refractivity contribution < 1.29 is 14.6 Å². The fraction of sp³-hybridized carbons (Fsp3) is 0.462. The van der Waals surface area contributed by atoms with E-state index in [1.807, 2.05) is 6.07 Å². The maximum Gasteiger partial charge on any atom is 0.160 e. The molecule has 0 bridgehead atoms. The van der Waals surface area contributed by atoms with Gasteiger partial charge in [-0.1, -0.05) is 18.3 Å². The van der Waals surface area contributed by atoms with Crippen LogP contribution in [0.4, 0.5) is 0 Å². The number of benzene rings is 1. The Bertz CT molecular complexity index is 461. The van der Waals surface area contributed by atoms with Gasteiger partial charge in [0.15, 0.2) is 11.5 Å². The Kier molecular flexibility index (Phi) is 4.57. The Labute approximate surface area is 117 Å². The van der Waals surface area contributed by atoms with Crippen LogP contribution in [-0.4, -0.2) is 48.4 Å². The lowest BCUT2D eigenvalue weighted by molar-refractivity contribution is 0.0288. The van der Waals surface area contributed by atoms with E-state index in [2.05, 4.69) is 4.90 Å². The van der Waals surface area contributed by atoms with Crippen molar-refractivity contribution in [2.45, 2.75) is 6.04 Å². The van der Waals surface area contributed by atoms with Crippen LogP contribution in [0.5, 0.6) is 11.5 Å². The Morgan fingerprint density at radius 2 is 2.16 bits per heavy atom. The molecule has 6 heteroatoms. The highest BCUT2D eigenvalue weighted by atomic mass is 32.1. The lowest BCUT2D eigenvalue weighted by Crippen LogP contribution is -2.43. The first-order valence-electron chi connectivity index (χ1n) is 6.11. The number of thiocarbonyl (C=S) groups is 1. The highest BCUT2D eigenvalue weighted by molar-refractivity contribution is 7.80. The fourth-order valence-electron chi connectivity index (χ4n) is 2.25. The van der Waals surface area contributed by atoms with Crippen molar-refractivity contribution in [3.63, 3.8) is 0 Å². The first-order valence-corrected chi connectivity index (χ1v) is 6.52. The number of morpholine rings is 1. The fourth-order valence-corrected chi connectivity index (χ4v) is 2.54. The van der Waals surface area contributed by atoms with Crippen LogP contribution in [0.25, 0.3) is 0 Å². The van der Waals surface area contributed by atoms with E-state index in [-0.39, 0.29) is 11.8 Å². The molecule has 0 amide bonds. The molecule has 5 nitrogen and oxygen atoms in total. The molecule has 1 aromatic rings. The van der Waals surface area contributed by atoms with Gasteiger partial charge in [0, 0.05) is 13.1 Å². The van der Waals surface area contributed by atoms with E-state index in [1.165, 1.54) is 7.11 Å². The van der Waals surface area contributed by atoms with Crippen molar-refractivity contribution in [1.82, 2.24) is 4.90 Å². The number of nitrogens with zero attached hydrogens (tertiary/aromatic N) is 1. The molecule has 0 radical (unpaired) electrons. The van der Waals surface area contributed by atoms with Crippen LogP contribution < -0.4 is 10.5 Å². The number of ether oxygens (including phenoxy) is 2. The van der Waals surface area contributed by atoms with Gasteiger partial charge >= 0.3 is 0 Å². The molecule has 0 aliphatic carbocycles. The third-order valence-electron chi connectivity index (χ3n) is 3.20. The topological polar surface area (TPSA) is 68.0 Å². The second-order valence-corrected chi connectivity index (χ2v) is 4.86. The van der Waals surface area contributed by atoms with E-state index in [1.54, 1.807) is 12.1 Å². The standard InChI is InChI=1S/C13H18N2O3S/c1-17-11-8-9(2-3-10(11)16)12(13(14)19)15-4-6-18-7-5-15/h2-3,8,12,16H,4-7H2,1H3,(H2,14,19). The highest BCUT2D eigenvalue weighted by Gasteiger charge is 2.25. The van der Waals surface area contributed by atoms with E-state index < -0.39 is 0 Å². The largest absolute Gasteiger partial charge is 0.504 e. The number of hydrogen-bond acceptors (Lipinski definition) is 5. The van der Waals surface area contributed by atoms with Gasteiger partial charge in [-0.15, -0.1) is 0 Å². The number of phenols is 1. The normalized spacial score (nSPS) is 17.9. The first-order chi connectivity index (χ1) is 9.13. The summed E-state index contributed by atoms with van der Waals surface area (Å²) in [7, 11) is 1.52. The predicted molar refractivity (Wildman–Crippen MR) is 76.6 cm³/mol. The minimum absolute atomic E-state index is 0.106. The molecule has 1 saturated heterocycles. The maximum atomic E-state index is 9.64. The molecule has 1 unspecified atom stereocenters. The van der Waals surface area contributed by atoms with Gasteiger partial charge in [-0.2, -0.15) is 0 Å². The van der Waals surface area contributed by atoms with Crippen molar-refractivity contribution >= 4 is 17.2 Å². The van der Waals surface area contributed by atoms with E-state index in [0.29, 0.717) is 24.0 Å². The second-order valence-electron chi connectivity index (χ2n) is 4.38. The van der Waals surface area contributed by atoms with Crippen LogP contribution in [0.3, 0.4) is 0 Å². The highest BCUT2D eigenvalue weighted by Crippen LogP contribution is 2.31. The molecule has 104 valence electrons. The van der Waals surface area contributed by atoms with Crippen LogP contribution in [0.2, 0.25) is 0 Å². The van der Waals surface area contributed by atoms with Gasteiger partial charge in [-0.3, -0.25) is 4.90 Å². The van der Waals surface area contributed by atoms with E-state index in [9.17, 15) is 5.11 Å². The minimum Gasteiger partial charge on any atom is -0.504 e. The molecule has 2 rings (SSSR count). The van der Waals surface area contributed by atoms with E-state index in [0.717, 1.165) is 18.7 Å². The van der Waals surface area contributed by atoms with Crippen molar-refractivity contribution in [2.75, 3.05) is 33.4 Å². The maximum absolute atomic E-state index is 9.64. The Morgan fingerprint density at radius 1 is 1.47 bits per heavy atom. The van der Waals surface area contributed by atoms with Crippen molar-refractivity contribution in [3.8, 4) is 11.5 Å². The lowest BCUT2D eigenvalue weighted by atomic mass is 10.0. The van der Waals surface area contributed by atoms with Gasteiger partial charge in [0.1, 0.15) is 0 Å². The number of rotatable bonds is 4. The first kappa shape index (κ1) is 14.0. The van der Waals surface area contributed by atoms with Gasteiger partial charge in [0.25, 0.3) is 0 Å². The molecule has 1 aliphatic heterocycles. The second kappa shape index (κ2) is 6.18. The van der Waals surface area contributed by atoms with E-state index >= 15 is 0 Å². The zero-order valence-electron chi connectivity index (χ0n) is 10.8. The zero-order valence-corrected chi connectivity index (χ0v) is 11.7. The molecule has 3 N–H and O–H groups in total. The summed E-state index contributed by atoms with van der Waals surface area (Å²) in [6.45, 7) is 2.92. The van der Waals surface area contributed by atoms with Gasteiger partial charge < -0.3 is 20.3 Å². The average Bonchev–Trinajstić information content (AvgIpc) is 2.41. The Balaban J connectivity index is 2.30. The summed E-state index contributed by atoms with van der Waals surface area (Å²) in [4.78, 5) is 2.59. The summed E-state index contributed by atoms with van der Waals surface area (Å²) in [5, 5.41) is 9.64. The summed E-state index contributed by atoms with van der Waals surface area (Å²) in [5.74, 6) is 0.530. The zero-order chi connectivity index (χ0) is 13.8. The molecule has 1 aromatic carbocycles. The smallest absolute Gasteiger partial charge is 0.160 e. The van der Waals surface area contributed by atoms with Crippen LogP contribution in [0.1, 0.15) is 11.6 Å². The third-order valence-corrected chi connectivity index (χ3v) is 3.42. The Morgan fingerprint density at radius 3 is 2.74 bits per heavy atom. The molecular formula is C13H18N2O3S. The molecular weight excluding hydrogens is 264 g/mol. The predicted octanol–water partition coefficient (Wildman–Crippen LogP) is 1.06. The van der Waals surface area contributed by atoms with Crippen molar-refractivity contribution in [3.05, 3.63) is 23.8 Å². The Hall–Kier alpha value is -1.37. The van der Waals surface area contributed by atoms with Gasteiger partial charge in [0.05, 0.1) is 31.4 Å². The third kappa shape index (κ3) is 3.15. The molecule has 19 heavy (non-hydrogen) atoms. The summed E-state index contributed by atoms with van der Waals surface area (Å²) >= 11 is 5.18. The summed E-state index contributed by atoms with van der Waals surface area (Å²) < 4.78 is 10.5. The van der Waals surface area contributed by atoms with Crippen LogP contribution in [0, 0.1) is 0 Å². The monoisotopic (exact) mass is 282 g/mol. The molecule has 0 aromatic heterocycles. The van der Waals surface area contributed by atoms with Crippen LogP contribution in [-0.2, 0) is 4.74 Å². The summed E-state index contributed by atoms with van der Waals surface area (Å²) in [6.07, 6.45) is 0. The molecule has 1 heterocycles.